The van der Waals surface area contributed by atoms with Gasteiger partial charge in [0.1, 0.15) is 0 Å². The van der Waals surface area contributed by atoms with E-state index in [2.05, 4.69) is 4.98 Å². The van der Waals surface area contributed by atoms with E-state index in [-0.39, 0.29) is 0 Å². The SMILES string of the molecule is Nc1cccc2c[nH+]ccc12. The number of hydrogen-bond acceptors (Lipinski definition) is 1. The van der Waals surface area contributed by atoms with Crippen molar-refractivity contribution in [3.05, 3.63) is 36.7 Å². The van der Waals surface area contributed by atoms with Gasteiger partial charge in [0.25, 0.3) is 0 Å². The molecule has 2 aromatic rings. The van der Waals surface area contributed by atoms with Crippen molar-refractivity contribution >= 4 is 16.5 Å². The van der Waals surface area contributed by atoms with Gasteiger partial charge in [0.2, 0.25) is 0 Å². The molecule has 0 fully saturated rings. The van der Waals surface area contributed by atoms with Crippen LogP contribution in [0.1, 0.15) is 0 Å². The Bertz CT molecular complexity index is 377. The molecule has 0 unspecified atom stereocenters. The molecule has 0 bridgehead atoms. The molecule has 1 heterocycles. The van der Waals surface area contributed by atoms with Gasteiger partial charge < -0.3 is 5.73 Å². The second-order valence-electron chi connectivity index (χ2n) is 2.49. The summed E-state index contributed by atoms with van der Waals surface area (Å²) in [5, 5.41) is 2.25. The van der Waals surface area contributed by atoms with E-state index >= 15 is 0 Å². The predicted octanol–water partition coefficient (Wildman–Crippen LogP) is 1.24. The van der Waals surface area contributed by atoms with E-state index in [1.807, 2.05) is 36.7 Å². The monoisotopic (exact) mass is 145 g/mol. The first-order valence-electron chi connectivity index (χ1n) is 3.52. The van der Waals surface area contributed by atoms with Crippen LogP contribution in [0.3, 0.4) is 0 Å². The van der Waals surface area contributed by atoms with Crippen molar-refractivity contribution in [3.8, 4) is 0 Å². The van der Waals surface area contributed by atoms with Crippen molar-refractivity contribution in [2.75, 3.05) is 5.73 Å². The number of aromatic amines is 1. The minimum atomic E-state index is 0.830. The van der Waals surface area contributed by atoms with Crippen LogP contribution in [0.4, 0.5) is 5.69 Å². The number of H-pyrrole nitrogens is 1. The molecule has 0 amide bonds. The number of aromatic nitrogens is 1. The first-order valence-corrected chi connectivity index (χ1v) is 3.52. The van der Waals surface area contributed by atoms with Gasteiger partial charge in [-0.25, -0.2) is 4.98 Å². The molecule has 11 heavy (non-hydrogen) atoms. The zero-order chi connectivity index (χ0) is 7.68. The van der Waals surface area contributed by atoms with Crippen LogP contribution in [0, 0.1) is 0 Å². The van der Waals surface area contributed by atoms with Gasteiger partial charge in [0.05, 0.1) is 0 Å². The number of benzene rings is 1. The van der Waals surface area contributed by atoms with Gasteiger partial charge in [-0.1, -0.05) is 6.07 Å². The third kappa shape index (κ3) is 0.923. The molecule has 0 aliphatic rings. The molecule has 0 saturated heterocycles. The molecule has 0 aliphatic heterocycles. The molecule has 2 heteroatoms. The maximum atomic E-state index is 5.74. The largest absolute Gasteiger partial charge is 0.398 e. The molecule has 2 nitrogen and oxygen atoms in total. The average molecular weight is 145 g/mol. The number of pyridine rings is 1. The maximum absolute atomic E-state index is 5.74. The highest BCUT2D eigenvalue weighted by atomic mass is 14.6. The Morgan fingerprint density at radius 2 is 2.09 bits per heavy atom. The zero-order valence-electron chi connectivity index (χ0n) is 6.04. The summed E-state index contributed by atoms with van der Waals surface area (Å²) in [5.41, 5.74) is 6.57. The van der Waals surface area contributed by atoms with Crippen molar-refractivity contribution < 1.29 is 4.98 Å². The van der Waals surface area contributed by atoms with E-state index in [9.17, 15) is 0 Å². The van der Waals surface area contributed by atoms with E-state index < -0.39 is 0 Å². The fourth-order valence-corrected chi connectivity index (χ4v) is 1.19. The first kappa shape index (κ1) is 6.16. The highest BCUT2D eigenvalue weighted by molar-refractivity contribution is 5.91. The fourth-order valence-electron chi connectivity index (χ4n) is 1.19. The molecule has 54 valence electrons. The Morgan fingerprint density at radius 1 is 1.18 bits per heavy atom. The van der Waals surface area contributed by atoms with Gasteiger partial charge in [-0.3, -0.25) is 0 Å². The van der Waals surface area contributed by atoms with E-state index in [4.69, 9.17) is 5.73 Å². The molecular weight excluding hydrogens is 136 g/mol. The van der Waals surface area contributed by atoms with Crippen molar-refractivity contribution in [2.45, 2.75) is 0 Å². The molecule has 0 atom stereocenters. The molecule has 1 aromatic heterocycles. The summed E-state index contributed by atoms with van der Waals surface area (Å²) in [6.45, 7) is 0. The van der Waals surface area contributed by atoms with E-state index in [1.54, 1.807) is 0 Å². The highest BCUT2D eigenvalue weighted by Crippen LogP contribution is 2.17. The Balaban J connectivity index is 2.91. The lowest BCUT2D eigenvalue weighted by atomic mass is 10.1. The van der Waals surface area contributed by atoms with E-state index in [0.29, 0.717) is 0 Å². The van der Waals surface area contributed by atoms with Crippen molar-refractivity contribution in [3.63, 3.8) is 0 Å². The van der Waals surface area contributed by atoms with Crippen LogP contribution < -0.4 is 10.7 Å². The molecule has 0 saturated carbocycles. The minimum absolute atomic E-state index is 0.830. The van der Waals surface area contributed by atoms with Gasteiger partial charge in [-0.2, -0.15) is 0 Å². The summed E-state index contributed by atoms with van der Waals surface area (Å²) in [6.07, 6.45) is 3.81. The Morgan fingerprint density at radius 3 is 2.91 bits per heavy atom. The van der Waals surface area contributed by atoms with Gasteiger partial charge in [0, 0.05) is 22.5 Å². The third-order valence-corrected chi connectivity index (χ3v) is 1.76. The number of anilines is 1. The normalized spacial score (nSPS) is 10.2. The van der Waals surface area contributed by atoms with Crippen molar-refractivity contribution in [1.29, 1.82) is 0 Å². The molecule has 0 radical (unpaired) electrons. The topological polar surface area (TPSA) is 40.2 Å². The quantitative estimate of drug-likeness (QED) is 0.556. The summed E-state index contributed by atoms with van der Waals surface area (Å²) < 4.78 is 0. The lowest BCUT2D eigenvalue weighted by molar-refractivity contribution is -0.375. The number of hydrogen-bond donors (Lipinski definition) is 1. The standard InChI is InChI=1S/C9H8N2/c10-9-3-1-2-7-6-11-5-4-8(7)9/h1-6H,10H2/p+1. The number of fused-ring (bicyclic) bond motifs is 1. The summed E-state index contributed by atoms with van der Waals surface area (Å²) in [6, 6.07) is 7.86. The molecule has 0 aliphatic carbocycles. The summed E-state index contributed by atoms with van der Waals surface area (Å²) >= 11 is 0. The smallest absolute Gasteiger partial charge is 0.174 e. The highest BCUT2D eigenvalue weighted by Gasteiger charge is 1.96. The minimum Gasteiger partial charge on any atom is -0.398 e. The lowest BCUT2D eigenvalue weighted by Gasteiger charge is -1.95. The Labute approximate surface area is 64.7 Å². The van der Waals surface area contributed by atoms with Crippen molar-refractivity contribution in [1.82, 2.24) is 0 Å². The second-order valence-corrected chi connectivity index (χ2v) is 2.49. The van der Waals surface area contributed by atoms with Crippen LogP contribution >= 0.6 is 0 Å². The molecular formula is C9H9N2+. The summed E-state index contributed by atoms with van der Waals surface area (Å²) in [4.78, 5) is 3.01. The van der Waals surface area contributed by atoms with Crippen molar-refractivity contribution in [2.24, 2.45) is 0 Å². The van der Waals surface area contributed by atoms with Gasteiger partial charge in [0.15, 0.2) is 12.4 Å². The molecule has 2 rings (SSSR count). The average Bonchev–Trinajstić information content (AvgIpc) is 2.06. The van der Waals surface area contributed by atoms with E-state index in [0.717, 1.165) is 16.5 Å². The number of nitrogens with two attached hydrogens (primary N) is 1. The number of nitrogens with one attached hydrogen (secondary N) is 1. The molecule has 1 aromatic carbocycles. The van der Waals surface area contributed by atoms with Crippen LogP contribution in [-0.4, -0.2) is 0 Å². The van der Waals surface area contributed by atoms with Gasteiger partial charge in [-0.05, 0) is 12.1 Å². The lowest BCUT2D eigenvalue weighted by Crippen LogP contribution is -1.98. The fraction of sp³-hybridized carbons (Fsp3) is 0. The van der Waals surface area contributed by atoms with E-state index in [1.165, 1.54) is 0 Å². The molecule has 0 spiro atoms. The summed E-state index contributed by atoms with van der Waals surface area (Å²) in [7, 11) is 0. The summed E-state index contributed by atoms with van der Waals surface area (Å²) in [5.74, 6) is 0. The third-order valence-electron chi connectivity index (χ3n) is 1.76. The van der Waals surface area contributed by atoms with Crippen LogP contribution in [0.15, 0.2) is 36.7 Å². The Kier molecular flexibility index (Phi) is 1.25. The predicted molar refractivity (Wildman–Crippen MR) is 44.9 cm³/mol. The van der Waals surface area contributed by atoms with Crippen LogP contribution in [0.5, 0.6) is 0 Å². The number of nitrogen functional groups attached to an aromatic ring is 1. The molecule has 3 N–H and O–H groups in total. The zero-order valence-corrected chi connectivity index (χ0v) is 6.04. The first-order chi connectivity index (χ1) is 5.38. The van der Waals surface area contributed by atoms with Crippen LogP contribution in [0.25, 0.3) is 10.8 Å². The maximum Gasteiger partial charge on any atom is 0.174 e. The van der Waals surface area contributed by atoms with Crippen LogP contribution in [0.2, 0.25) is 0 Å². The van der Waals surface area contributed by atoms with Gasteiger partial charge >= 0.3 is 0 Å². The second kappa shape index (κ2) is 2.23. The van der Waals surface area contributed by atoms with Crippen LogP contribution in [-0.2, 0) is 0 Å². The number of rotatable bonds is 0. The Hall–Kier alpha value is -1.57. The van der Waals surface area contributed by atoms with Gasteiger partial charge in [-0.15, -0.1) is 0 Å².